The molecule has 0 radical (unpaired) electrons. The van der Waals surface area contributed by atoms with E-state index in [2.05, 4.69) is 10.6 Å². The van der Waals surface area contributed by atoms with Crippen molar-refractivity contribution in [1.29, 1.82) is 0 Å². The van der Waals surface area contributed by atoms with Gasteiger partial charge in [-0.1, -0.05) is 24.3 Å². The van der Waals surface area contributed by atoms with Gasteiger partial charge in [-0.25, -0.2) is 13.2 Å². The summed E-state index contributed by atoms with van der Waals surface area (Å²) >= 11 is 0. The Morgan fingerprint density at radius 3 is 2.66 bits per heavy atom. The lowest BCUT2D eigenvalue weighted by Crippen LogP contribution is -2.50. The summed E-state index contributed by atoms with van der Waals surface area (Å²) in [6.07, 6.45) is 0.766. The summed E-state index contributed by atoms with van der Waals surface area (Å²) in [5, 5.41) is 5.77. The van der Waals surface area contributed by atoms with Crippen LogP contribution in [-0.2, 0) is 6.54 Å². The fraction of sp³-hybridized carbons (Fsp3) is 0.286. The van der Waals surface area contributed by atoms with E-state index in [0.717, 1.165) is 0 Å². The SMILES string of the molecule is Cl.O=C(N[C@H]1CCNC[C@H]1F)c1cn(Cc2ccccc2F)c2cccc(F)c12. The van der Waals surface area contributed by atoms with Crippen molar-refractivity contribution < 1.29 is 18.0 Å². The Morgan fingerprint density at radius 2 is 1.90 bits per heavy atom. The second-order valence-electron chi connectivity index (χ2n) is 6.98. The number of hydrogen-bond donors (Lipinski definition) is 2. The molecule has 1 amide bonds. The van der Waals surface area contributed by atoms with E-state index in [-0.39, 0.29) is 42.3 Å². The second-order valence-corrected chi connectivity index (χ2v) is 6.98. The van der Waals surface area contributed by atoms with E-state index in [4.69, 9.17) is 0 Å². The van der Waals surface area contributed by atoms with Crippen molar-refractivity contribution in [3.8, 4) is 0 Å². The molecule has 29 heavy (non-hydrogen) atoms. The number of nitrogens with zero attached hydrogens (tertiary/aromatic N) is 1. The largest absolute Gasteiger partial charge is 0.346 e. The Bertz CT molecular complexity index is 1020. The summed E-state index contributed by atoms with van der Waals surface area (Å²) in [4.78, 5) is 12.8. The van der Waals surface area contributed by atoms with Gasteiger partial charge in [0.05, 0.1) is 23.7 Å². The van der Waals surface area contributed by atoms with Crippen LogP contribution in [0.2, 0.25) is 0 Å². The van der Waals surface area contributed by atoms with Crippen LogP contribution >= 0.6 is 12.4 Å². The molecule has 4 nitrogen and oxygen atoms in total. The zero-order chi connectivity index (χ0) is 19.7. The number of nitrogens with one attached hydrogen (secondary N) is 2. The standard InChI is InChI=1S/C21H20F3N3O.ClH/c22-15-5-2-1-4-13(15)11-27-12-14(20-16(23)6-3-7-19(20)27)21(28)26-18-8-9-25-10-17(18)24;/h1-7,12,17-18,25H,8-11H2,(H,26,28);1H/t17-,18+;/m1./s1. The average Bonchev–Trinajstić information content (AvgIpc) is 3.05. The number of carbonyl (C=O) groups excluding carboxylic acids is 1. The molecule has 1 saturated heterocycles. The van der Waals surface area contributed by atoms with Crippen molar-refractivity contribution in [2.45, 2.75) is 25.2 Å². The third-order valence-corrected chi connectivity index (χ3v) is 5.12. The number of fused-ring (bicyclic) bond motifs is 1. The van der Waals surface area contributed by atoms with E-state index in [9.17, 15) is 18.0 Å². The number of aromatic nitrogens is 1. The molecule has 2 aromatic carbocycles. The Balaban J connectivity index is 0.00000240. The first-order valence-corrected chi connectivity index (χ1v) is 9.21. The minimum atomic E-state index is -1.20. The number of alkyl halides is 1. The second kappa shape index (κ2) is 8.88. The van der Waals surface area contributed by atoms with E-state index in [1.165, 1.54) is 18.3 Å². The highest BCUT2D eigenvalue weighted by Gasteiger charge is 2.28. The summed E-state index contributed by atoms with van der Waals surface area (Å²) in [7, 11) is 0. The third-order valence-electron chi connectivity index (χ3n) is 5.12. The maximum atomic E-state index is 14.5. The summed E-state index contributed by atoms with van der Waals surface area (Å²) in [6, 6.07) is 10.2. The van der Waals surface area contributed by atoms with Gasteiger partial charge in [-0.2, -0.15) is 0 Å². The van der Waals surface area contributed by atoms with Crippen LogP contribution in [0.25, 0.3) is 10.9 Å². The molecule has 0 spiro atoms. The van der Waals surface area contributed by atoms with Crippen LogP contribution in [0.3, 0.4) is 0 Å². The minimum Gasteiger partial charge on any atom is -0.346 e. The smallest absolute Gasteiger partial charge is 0.253 e. The molecule has 1 fully saturated rings. The van der Waals surface area contributed by atoms with E-state index in [1.54, 1.807) is 34.9 Å². The molecule has 0 saturated carbocycles. The summed E-state index contributed by atoms with van der Waals surface area (Å²) in [6.45, 7) is 0.933. The highest BCUT2D eigenvalue weighted by Crippen LogP contribution is 2.26. The minimum absolute atomic E-state index is 0. The average molecular weight is 424 g/mol. The lowest BCUT2D eigenvalue weighted by molar-refractivity contribution is 0.0893. The molecule has 2 heterocycles. The van der Waals surface area contributed by atoms with E-state index in [0.29, 0.717) is 24.0 Å². The molecule has 1 aliphatic rings. The highest BCUT2D eigenvalue weighted by atomic mass is 35.5. The first kappa shape index (κ1) is 21.2. The Kier molecular flexibility index (Phi) is 6.49. The van der Waals surface area contributed by atoms with Gasteiger partial charge in [0.15, 0.2) is 0 Å². The van der Waals surface area contributed by atoms with Gasteiger partial charge in [0.2, 0.25) is 0 Å². The molecule has 154 valence electrons. The van der Waals surface area contributed by atoms with Gasteiger partial charge < -0.3 is 15.2 Å². The van der Waals surface area contributed by atoms with Gasteiger partial charge >= 0.3 is 0 Å². The van der Waals surface area contributed by atoms with Crippen molar-refractivity contribution in [2.75, 3.05) is 13.1 Å². The predicted octanol–water partition coefficient (Wildman–Crippen LogP) is 3.82. The number of rotatable bonds is 4. The molecule has 8 heteroatoms. The monoisotopic (exact) mass is 423 g/mol. The number of carbonyl (C=O) groups is 1. The molecule has 0 aliphatic carbocycles. The first-order valence-electron chi connectivity index (χ1n) is 9.21. The highest BCUT2D eigenvalue weighted by molar-refractivity contribution is 6.07. The van der Waals surface area contributed by atoms with Crippen LogP contribution in [0.1, 0.15) is 22.3 Å². The molecule has 1 aliphatic heterocycles. The molecule has 4 rings (SSSR count). The van der Waals surface area contributed by atoms with Crippen LogP contribution in [0.4, 0.5) is 13.2 Å². The van der Waals surface area contributed by atoms with Gasteiger partial charge in [0, 0.05) is 23.7 Å². The molecular formula is C21H21ClF3N3O. The van der Waals surface area contributed by atoms with Crippen molar-refractivity contribution in [2.24, 2.45) is 0 Å². The molecule has 2 N–H and O–H groups in total. The van der Waals surface area contributed by atoms with E-state index in [1.807, 2.05) is 0 Å². The Morgan fingerprint density at radius 1 is 1.14 bits per heavy atom. The van der Waals surface area contributed by atoms with Crippen molar-refractivity contribution in [1.82, 2.24) is 15.2 Å². The normalized spacial score (nSPS) is 19.0. The number of benzene rings is 2. The molecule has 0 bridgehead atoms. The Hall–Kier alpha value is -2.51. The summed E-state index contributed by atoms with van der Waals surface area (Å²) in [5.74, 6) is -1.45. The fourth-order valence-corrected chi connectivity index (χ4v) is 3.65. The lowest BCUT2D eigenvalue weighted by Gasteiger charge is -2.27. The predicted molar refractivity (Wildman–Crippen MR) is 108 cm³/mol. The quantitative estimate of drug-likeness (QED) is 0.670. The topological polar surface area (TPSA) is 46.1 Å². The molecule has 0 unspecified atom stereocenters. The maximum absolute atomic E-state index is 14.5. The van der Waals surface area contributed by atoms with Gasteiger partial charge in [-0.15, -0.1) is 12.4 Å². The fourth-order valence-electron chi connectivity index (χ4n) is 3.65. The van der Waals surface area contributed by atoms with Crippen LogP contribution in [0, 0.1) is 11.6 Å². The molecule has 1 aromatic heterocycles. The number of piperidine rings is 1. The maximum Gasteiger partial charge on any atom is 0.253 e. The van der Waals surface area contributed by atoms with Crippen LogP contribution in [0.5, 0.6) is 0 Å². The molecular weight excluding hydrogens is 403 g/mol. The zero-order valence-electron chi connectivity index (χ0n) is 15.5. The number of amides is 1. The third kappa shape index (κ3) is 4.26. The van der Waals surface area contributed by atoms with Crippen molar-refractivity contribution in [3.63, 3.8) is 0 Å². The molecule has 3 aromatic rings. The van der Waals surface area contributed by atoms with Crippen LogP contribution in [-0.4, -0.2) is 35.8 Å². The van der Waals surface area contributed by atoms with Crippen molar-refractivity contribution in [3.05, 3.63) is 71.4 Å². The van der Waals surface area contributed by atoms with Crippen LogP contribution < -0.4 is 10.6 Å². The van der Waals surface area contributed by atoms with Gasteiger partial charge in [0.1, 0.15) is 17.8 Å². The molecule has 2 atom stereocenters. The van der Waals surface area contributed by atoms with Gasteiger partial charge in [-0.3, -0.25) is 4.79 Å². The summed E-state index contributed by atoms with van der Waals surface area (Å²) in [5.41, 5.74) is 1.03. The lowest BCUT2D eigenvalue weighted by atomic mass is 10.0. The van der Waals surface area contributed by atoms with Crippen LogP contribution in [0.15, 0.2) is 48.7 Å². The van der Waals surface area contributed by atoms with E-state index >= 15 is 0 Å². The Labute approximate surface area is 172 Å². The van der Waals surface area contributed by atoms with Gasteiger partial charge in [0.25, 0.3) is 5.91 Å². The van der Waals surface area contributed by atoms with Crippen molar-refractivity contribution >= 4 is 29.2 Å². The first-order chi connectivity index (χ1) is 13.5. The number of halogens is 4. The van der Waals surface area contributed by atoms with E-state index < -0.39 is 23.9 Å². The summed E-state index contributed by atoms with van der Waals surface area (Å²) < 4.78 is 44.3. The zero-order valence-corrected chi connectivity index (χ0v) is 16.3. The van der Waals surface area contributed by atoms with Gasteiger partial charge in [-0.05, 0) is 31.2 Å². The number of hydrogen-bond acceptors (Lipinski definition) is 2.